The van der Waals surface area contributed by atoms with E-state index in [1.165, 1.54) is 12.1 Å². The molecular weight excluding hydrogens is 604 g/mol. The van der Waals surface area contributed by atoms with Gasteiger partial charge in [-0.3, -0.25) is 0 Å². The average molecular weight is 630 g/mol. The maximum Gasteiger partial charge on any atom is 0.416 e. The first-order valence-electron chi connectivity index (χ1n) is 13.6. The Morgan fingerprint density at radius 1 is 0.733 bits per heavy atom. The number of rotatable bonds is 8. The minimum atomic E-state index is -5.06. The van der Waals surface area contributed by atoms with Gasteiger partial charge in [-0.15, -0.1) is 0 Å². The SMILES string of the molecule is O=C(OCc1ccccc1)N1[C@H](c2ccccc2)OC(=O)[C@@]1(COCc1cc(C(F)(F)F)cc(C(F)(F)F)c1)c1ccccc1. The summed E-state index contributed by atoms with van der Waals surface area (Å²) in [5, 5.41) is 0. The number of benzene rings is 4. The standard InChI is InChI=1S/C33H25F6NO5/c34-32(35,36)26-16-23(17-27(18-26)33(37,38)39)19-43-21-31(25-14-8-3-9-15-25)29(41)45-28(24-12-6-2-7-13-24)40(31)30(42)44-20-22-10-4-1-5-11-22/h1-18,28H,19-21H2/t28-,31+/m0/s1. The van der Waals surface area contributed by atoms with Crippen LogP contribution in [0.1, 0.15) is 39.6 Å². The van der Waals surface area contributed by atoms with E-state index >= 15 is 0 Å². The molecule has 0 saturated carbocycles. The molecule has 45 heavy (non-hydrogen) atoms. The minimum absolute atomic E-state index is 0.0121. The summed E-state index contributed by atoms with van der Waals surface area (Å²) in [5.74, 6) is -0.931. The molecule has 1 heterocycles. The number of hydrogen-bond donors (Lipinski definition) is 0. The lowest BCUT2D eigenvalue weighted by atomic mass is 9.89. The molecule has 0 radical (unpaired) electrons. The fourth-order valence-electron chi connectivity index (χ4n) is 5.03. The Kier molecular flexibility index (Phi) is 8.87. The van der Waals surface area contributed by atoms with Crippen molar-refractivity contribution in [1.82, 2.24) is 4.90 Å². The number of carbonyl (C=O) groups excluding carboxylic acids is 2. The summed E-state index contributed by atoms with van der Waals surface area (Å²) >= 11 is 0. The smallest absolute Gasteiger partial charge is 0.416 e. The third kappa shape index (κ3) is 6.80. The molecule has 0 aliphatic carbocycles. The summed E-state index contributed by atoms with van der Waals surface area (Å²) in [5.41, 5.74) is -4.19. The van der Waals surface area contributed by atoms with Gasteiger partial charge in [-0.2, -0.15) is 26.3 Å². The van der Waals surface area contributed by atoms with Crippen LogP contribution in [0, 0.1) is 0 Å². The van der Waals surface area contributed by atoms with Crippen molar-refractivity contribution in [1.29, 1.82) is 0 Å². The molecule has 1 aliphatic rings. The molecule has 5 rings (SSSR count). The van der Waals surface area contributed by atoms with Crippen molar-refractivity contribution in [2.24, 2.45) is 0 Å². The Hall–Kier alpha value is -4.84. The molecule has 0 aromatic heterocycles. The number of carbonyl (C=O) groups is 2. The first-order chi connectivity index (χ1) is 21.4. The molecule has 1 amide bonds. The number of alkyl halides is 6. The molecule has 0 unspecified atom stereocenters. The monoisotopic (exact) mass is 629 g/mol. The summed E-state index contributed by atoms with van der Waals surface area (Å²) in [6, 6.07) is 26.0. The topological polar surface area (TPSA) is 65.1 Å². The molecule has 4 aromatic carbocycles. The highest BCUT2D eigenvalue weighted by atomic mass is 19.4. The van der Waals surface area contributed by atoms with Crippen LogP contribution in [0.3, 0.4) is 0 Å². The summed E-state index contributed by atoms with van der Waals surface area (Å²) < 4.78 is 97.8. The highest BCUT2D eigenvalue weighted by Crippen LogP contribution is 2.46. The van der Waals surface area contributed by atoms with E-state index < -0.39 is 66.1 Å². The Morgan fingerprint density at radius 2 is 1.27 bits per heavy atom. The molecule has 4 aromatic rings. The number of amides is 1. The average Bonchev–Trinajstić information content (AvgIpc) is 3.33. The summed E-state index contributed by atoms with van der Waals surface area (Å²) in [7, 11) is 0. The maximum absolute atomic E-state index is 13.8. The van der Waals surface area contributed by atoms with Crippen molar-refractivity contribution in [2.45, 2.75) is 37.3 Å². The predicted molar refractivity (Wildman–Crippen MR) is 148 cm³/mol. The van der Waals surface area contributed by atoms with Gasteiger partial charge in [0.15, 0.2) is 5.54 Å². The van der Waals surface area contributed by atoms with E-state index in [-0.39, 0.29) is 18.2 Å². The second-order valence-corrected chi connectivity index (χ2v) is 10.2. The Morgan fingerprint density at radius 3 is 1.82 bits per heavy atom. The second kappa shape index (κ2) is 12.6. The van der Waals surface area contributed by atoms with Gasteiger partial charge in [-0.05, 0) is 34.9 Å². The van der Waals surface area contributed by atoms with Crippen LogP contribution in [0.25, 0.3) is 0 Å². The van der Waals surface area contributed by atoms with Crippen LogP contribution in [0.4, 0.5) is 31.1 Å². The van der Waals surface area contributed by atoms with Gasteiger partial charge in [0, 0.05) is 5.56 Å². The van der Waals surface area contributed by atoms with Gasteiger partial charge in [0.2, 0.25) is 6.23 Å². The van der Waals surface area contributed by atoms with Gasteiger partial charge in [0.1, 0.15) is 6.61 Å². The summed E-state index contributed by atoms with van der Waals surface area (Å²) in [6.07, 6.45) is -12.4. The fraction of sp³-hybridized carbons (Fsp3) is 0.212. The lowest BCUT2D eigenvalue weighted by Gasteiger charge is -2.35. The van der Waals surface area contributed by atoms with Gasteiger partial charge < -0.3 is 14.2 Å². The number of ether oxygens (including phenoxy) is 3. The van der Waals surface area contributed by atoms with Crippen LogP contribution in [-0.2, 0) is 50.1 Å². The Bertz CT molecular complexity index is 1600. The van der Waals surface area contributed by atoms with E-state index in [0.29, 0.717) is 23.3 Å². The van der Waals surface area contributed by atoms with Crippen LogP contribution in [0.2, 0.25) is 0 Å². The highest BCUT2D eigenvalue weighted by molar-refractivity contribution is 5.90. The molecule has 234 valence electrons. The van der Waals surface area contributed by atoms with Crippen LogP contribution in [0.5, 0.6) is 0 Å². The minimum Gasteiger partial charge on any atom is -0.444 e. The zero-order valence-electron chi connectivity index (χ0n) is 23.3. The third-order valence-corrected chi connectivity index (χ3v) is 7.17. The molecular formula is C33H25F6NO5. The Labute approximate surface area is 253 Å². The van der Waals surface area contributed by atoms with Gasteiger partial charge in [0.05, 0.1) is 24.3 Å². The summed E-state index contributed by atoms with van der Waals surface area (Å²) in [4.78, 5) is 28.7. The van der Waals surface area contributed by atoms with Crippen molar-refractivity contribution in [3.8, 4) is 0 Å². The molecule has 0 spiro atoms. The molecule has 1 saturated heterocycles. The quantitative estimate of drug-likeness (QED) is 0.146. The number of esters is 1. The predicted octanol–water partition coefficient (Wildman–Crippen LogP) is 8.03. The first kappa shape index (κ1) is 31.6. The van der Waals surface area contributed by atoms with E-state index in [9.17, 15) is 35.9 Å². The maximum atomic E-state index is 13.8. The van der Waals surface area contributed by atoms with Crippen molar-refractivity contribution in [3.63, 3.8) is 0 Å². The number of nitrogens with zero attached hydrogens (tertiary/aromatic N) is 1. The van der Waals surface area contributed by atoms with Crippen LogP contribution < -0.4 is 0 Å². The summed E-state index contributed by atoms with van der Waals surface area (Å²) in [6.45, 7) is -1.60. The fourth-order valence-corrected chi connectivity index (χ4v) is 5.03. The van der Waals surface area contributed by atoms with E-state index in [4.69, 9.17) is 14.2 Å². The van der Waals surface area contributed by atoms with Gasteiger partial charge in [0.25, 0.3) is 0 Å². The second-order valence-electron chi connectivity index (χ2n) is 10.2. The lowest BCUT2D eigenvalue weighted by molar-refractivity contribution is -0.148. The molecule has 1 aliphatic heterocycles. The van der Waals surface area contributed by atoms with Gasteiger partial charge >= 0.3 is 24.4 Å². The van der Waals surface area contributed by atoms with E-state index in [1.807, 2.05) is 0 Å². The lowest BCUT2D eigenvalue weighted by Crippen LogP contribution is -2.52. The molecule has 1 fully saturated rings. The molecule has 6 nitrogen and oxygen atoms in total. The van der Waals surface area contributed by atoms with Crippen LogP contribution in [0.15, 0.2) is 109 Å². The van der Waals surface area contributed by atoms with Gasteiger partial charge in [-0.25, -0.2) is 14.5 Å². The highest BCUT2D eigenvalue weighted by Gasteiger charge is 2.60. The molecule has 0 bridgehead atoms. The van der Waals surface area contributed by atoms with Crippen molar-refractivity contribution in [2.75, 3.05) is 6.61 Å². The normalized spacial score (nSPS) is 18.5. The van der Waals surface area contributed by atoms with Crippen LogP contribution >= 0.6 is 0 Å². The van der Waals surface area contributed by atoms with E-state index in [1.54, 1.807) is 78.9 Å². The van der Waals surface area contributed by atoms with Crippen molar-refractivity contribution >= 4 is 12.1 Å². The zero-order valence-corrected chi connectivity index (χ0v) is 23.3. The molecule has 12 heteroatoms. The molecule has 0 N–H and O–H groups in total. The zero-order chi connectivity index (χ0) is 32.2. The Balaban J connectivity index is 1.53. The first-order valence-corrected chi connectivity index (χ1v) is 13.6. The van der Waals surface area contributed by atoms with E-state index in [2.05, 4.69) is 0 Å². The van der Waals surface area contributed by atoms with Crippen LogP contribution in [-0.4, -0.2) is 23.6 Å². The van der Waals surface area contributed by atoms with E-state index in [0.717, 1.165) is 4.90 Å². The van der Waals surface area contributed by atoms with Crippen molar-refractivity contribution < 1.29 is 50.1 Å². The number of halogens is 6. The number of hydrogen-bond acceptors (Lipinski definition) is 5. The van der Waals surface area contributed by atoms with Crippen molar-refractivity contribution in [3.05, 3.63) is 143 Å². The largest absolute Gasteiger partial charge is 0.444 e. The van der Waals surface area contributed by atoms with Gasteiger partial charge in [-0.1, -0.05) is 91.0 Å². The third-order valence-electron chi connectivity index (χ3n) is 7.17. The molecule has 2 atom stereocenters. The number of cyclic esters (lactones) is 1.